The molecule has 0 atom stereocenters. The molecule has 0 N–H and O–H groups in total. The maximum Gasteiger partial charge on any atom is 0.276 e. The number of aryl methyl sites for hydroxylation is 1. The third-order valence-electron chi connectivity index (χ3n) is 4.07. The van der Waals surface area contributed by atoms with Gasteiger partial charge in [-0.25, -0.2) is 9.97 Å². The summed E-state index contributed by atoms with van der Waals surface area (Å²) in [5.74, 6) is 1.19. The largest absolute Gasteiger partial charge is 0.378 e. The van der Waals surface area contributed by atoms with Crippen LogP contribution in [0.15, 0.2) is 16.8 Å². The Hall–Kier alpha value is -2.48. The van der Waals surface area contributed by atoms with Gasteiger partial charge in [-0.1, -0.05) is 5.16 Å². The average molecular weight is 315 g/mol. The van der Waals surface area contributed by atoms with Crippen LogP contribution in [0.2, 0.25) is 0 Å². The molecule has 120 valence electrons. The lowest BCUT2D eigenvalue weighted by Crippen LogP contribution is -2.37. The van der Waals surface area contributed by atoms with Gasteiger partial charge in [-0.05, 0) is 6.92 Å². The molecule has 1 fully saturated rings. The first-order chi connectivity index (χ1) is 11.2. The first-order valence-electron chi connectivity index (χ1n) is 7.61. The number of anilines is 1. The summed E-state index contributed by atoms with van der Waals surface area (Å²) in [5, 5.41) is 3.79. The SMILES string of the molecule is Cc1cc(C(=O)N2Cc3cnc(N4CCOCC4)nc3C2)no1. The molecule has 0 aromatic carbocycles. The summed E-state index contributed by atoms with van der Waals surface area (Å²) in [6.07, 6.45) is 1.81. The summed E-state index contributed by atoms with van der Waals surface area (Å²) in [4.78, 5) is 25.3. The summed E-state index contributed by atoms with van der Waals surface area (Å²) in [6.45, 7) is 5.71. The summed E-state index contributed by atoms with van der Waals surface area (Å²) >= 11 is 0. The minimum Gasteiger partial charge on any atom is -0.378 e. The zero-order valence-electron chi connectivity index (χ0n) is 12.9. The number of ether oxygens (including phenoxy) is 1. The van der Waals surface area contributed by atoms with Crippen LogP contribution < -0.4 is 4.90 Å². The van der Waals surface area contributed by atoms with Crippen molar-refractivity contribution in [3.63, 3.8) is 0 Å². The molecule has 1 amide bonds. The Morgan fingerprint density at radius 1 is 1.26 bits per heavy atom. The summed E-state index contributed by atoms with van der Waals surface area (Å²) in [5.41, 5.74) is 2.21. The number of amides is 1. The van der Waals surface area contributed by atoms with Crippen LogP contribution in [0.25, 0.3) is 0 Å². The average Bonchev–Trinajstić information content (AvgIpc) is 3.20. The highest BCUT2D eigenvalue weighted by Crippen LogP contribution is 2.24. The summed E-state index contributed by atoms with van der Waals surface area (Å²) in [6, 6.07) is 1.65. The quantitative estimate of drug-likeness (QED) is 0.809. The van der Waals surface area contributed by atoms with E-state index in [1.807, 2.05) is 6.20 Å². The lowest BCUT2D eigenvalue weighted by Gasteiger charge is -2.26. The van der Waals surface area contributed by atoms with Gasteiger partial charge in [-0.2, -0.15) is 0 Å². The van der Waals surface area contributed by atoms with E-state index in [4.69, 9.17) is 9.26 Å². The number of morpholine rings is 1. The third-order valence-corrected chi connectivity index (χ3v) is 4.07. The molecule has 0 bridgehead atoms. The van der Waals surface area contributed by atoms with Crippen LogP contribution in [0.5, 0.6) is 0 Å². The van der Waals surface area contributed by atoms with Gasteiger partial charge in [-0.3, -0.25) is 4.79 Å². The molecule has 0 unspecified atom stereocenters. The zero-order valence-corrected chi connectivity index (χ0v) is 12.9. The summed E-state index contributed by atoms with van der Waals surface area (Å²) < 4.78 is 10.3. The topological polar surface area (TPSA) is 84.6 Å². The van der Waals surface area contributed by atoms with Gasteiger partial charge in [0.25, 0.3) is 5.91 Å². The second-order valence-electron chi connectivity index (χ2n) is 5.73. The first-order valence-corrected chi connectivity index (χ1v) is 7.61. The molecular formula is C15H17N5O3. The highest BCUT2D eigenvalue weighted by Gasteiger charge is 2.28. The van der Waals surface area contributed by atoms with Crippen molar-refractivity contribution in [3.05, 3.63) is 35.0 Å². The third kappa shape index (κ3) is 2.65. The fraction of sp³-hybridized carbons (Fsp3) is 0.467. The molecular weight excluding hydrogens is 298 g/mol. The van der Waals surface area contributed by atoms with Crippen molar-refractivity contribution in [2.75, 3.05) is 31.2 Å². The van der Waals surface area contributed by atoms with Crippen LogP contribution in [-0.2, 0) is 17.8 Å². The molecule has 4 heterocycles. The van der Waals surface area contributed by atoms with Gasteiger partial charge in [0, 0.05) is 37.5 Å². The summed E-state index contributed by atoms with van der Waals surface area (Å²) in [7, 11) is 0. The van der Waals surface area contributed by atoms with Gasteiger partial charge in [0.2, 0.25) is 5.95 Å². The molecule has 8 heteroatoms. The van der Waals surface area contributed by atoms with Gasteiger partial charge >= 0.3 is 0 Å². The predicted octanol–water partition coefficient (Wildman–Crippen LogP) is 0.766. The molecule has 4 rings (SSSR count). The lowest BCUT2D eigenvalue weighted by atomic mass is 10.3. The fourth-order valence-electron chi connectivity index (χ4n) is 2.83. The number of hydrogen-bond donors (Lipinski definition) is 0. The number of aromatic nitrogens is 3. The molecule has 0 radical (unpaired) electrons. The zero-order chi connectivity index (χ0) is 15.8. The second kappa shape index (κ2) is 5.62. The van der Waals surface area contributed by atoms with E-state index in [0.717, 1.165) is 24.3 Å². The van der Waals surface area contributed by atoms with E-state index in [9.17, 15) is 4.79 Å². The fourth-order valence-corrected chi connectivity index (χ4v) is 2.83. The molecule has 2 aromatic rings. The van der Waals surface area contributed by atoms with E-state index in [0.29, 0.717) is 43.7 Å². The number of hydrogen-bond acceptors (Lipinski definition) is 7. The highest BCUT2D eigenvalue weighted by atomic mass is 16.5. The monoisotopic (exact) mass is 315 g/mol. The number of carbonyl (C=O) groups excluding carboxylic acids is 1. The molecule has 2 aliphatic heterocycles. The Kier molecular flexibility index (Phi) is 3.45. The molecule has 8 nitrogen and oxygen atoms in total. The van der Waals surface area contributed by atoms with E-state index >= 15 is 0 Å². The van der Waals surface area contributed by atoms with E-state index in [1.165, 1.54) is 0 Å². The number of carbonyl (C=O) groups is 1. The molecule has 0 spiro atoms. The maximum absolute atomic E-state index is 12.4. The van der Waals surface area contributed by atoms with E-state index in [1.54, 1.807) is 17.9 Å². The van der Waals surface area contributed by atoms with Crippen molar-refractivity contribution in [2.45, 2.75) is 20.0 Å². The highest BCUT2D eigenvalue weighted by molar-refractivity contribution is 5.92. The Morgan fingerprint density at radius 2 is 2.09 bits per heavy atom. The van der Waals surface area contributed by atoms with Crippen molar-refractivity contribution in [1.82, 2.24) is 20.0 Å². The molecule has 2 aromatic heterocycles. The normalized spacial score (nSPS) is 17.4. The van der Waals surface area contributed by atoms with Gasteiger partial charge in [0.1, 0.15) is 5.76 Å². The van der Waals surface area contributed by atoms with E-state index in [2.05, 4.69) is 20.0 Å². The van der Waals surface area contributed by atoms with Crippen LogP contribution in [0.3, 0.4) is 0 Å². The molecule has 0 saturated carbocycles. The Bertz CT molecular complexity index is 738. The van der Waals surface area contributed by atoms with Crippen LogP contribution in [0.1, 0.15) is 27.5 Å². The van der Waals surface area contributed by atoms with Gasteiger partial charge in [0.05, 0.1) is 25.5 Å². The minimum atomic E-state index is -0.146. The molecule has 0 aliphatic carbocycles. The van der Waals surface area contributed by atoms with Crippen LogP contribution in [0, 0.1) is 6.92 Å². The van der Waals surface area contributed by atoms with Crippen LogP contribution in [-0.4, -0.2) is 52.2 Å². The Balaban J connectivity index is 1.52. The number of fused-ring (bicyclic) bond motifs is 1. The number of rotatable bonds is 2. The van der Waals surface area contributed by atoms with E-state index in [-0.39, 0.29) is 5.91 Å². The smallest absolute Gasteiger partial charge is 0.276 e. The van der Waals surface area contributed by atoms with Crippen LogP contribution >= 0.6 is 0 Å². The van der Waals surface area contributed by atoms with Crippen LogP contribution in [0.4, 0.5) is 5.95 Å². The minimum absolute atomic E-state index is 0.146. The van der Waals surface area contributed by atoms with E-state index < -0.39 is 0 Å². The van der Waals surface area contributed by atoms with Crippen molar-refractivity contribution in [3.8, 4) is 0 Å². The standard InChI is InChI=1S/C15H17N5O3/c1-10-6-12(18-23-10)14(21)20-8-11-7-16-15(17-13(11)9-20)19-2-4-22-5-3-19/h6-7H,2-5,8-9H2,1H3. The van der Waals surface area contributed by atoms with Crippen molar-refractivity contribution < 1.29 is 14.1 Å². The van der Waals surface area contributed by atoms with Gasteiger partial charge in [0.15, 0.2) is 5.69 Å². The van der Waals surface area contributed by atoms with Crippen molar-refractivity contribution in [2.24, 2.45) is 0 Å². The molecule has 1 saturated heterocycles. The van der Waals surface area contributed by atoms with Crippen molar-refractivity contribution >= 4 is 11.9 Å². The predicted molar refractivity (Wildman–Crippen MR) is 79.9 cm³/mol. The maximum atomic E-state index is 12.4. The molecule has 23 heavy (non-hydrogen) atoms. The first kappa shape index (κ1) is 14.1. The Labute approximate surface area is 133 Å². The van der Waals surface area contributed by atoms with Crippen molar-refractivity contribution in [1.29, 1.82) is 0 Å². The number of nitrogens with zero attached hydrogens (tertiary/aromatic N) is 5. The molecule has 2 aliphatic rings. The van der Waals surface area contributed by atoms with Gasteiger partial charge in [-0.15, -0.1) is 0 Å². The Morgan fingerprint density at radius 3 is 2.83 bits per heavy atom. The lowest BCUT2D eigenvalue weighted by molar-refractivity contribution is 0.0740. The second-order valence-corrected chi connectivity index (χ2v) is 5.73. The van der Waals surface area contributed by atoms with Gasteiger partial charge < -0.3 is 19.1 Å².